The molecular weight excluding hydrogens is 538 g/mol. The molecule has 0 atom stereocenters. The third kappa shape index (κ3) is 6.71. The van der Waals surface area contributed by atoms with E-state index < -0.39 is 0 Å². The number of benzene rings is 2. The van der Waals surface area contributed by atoms with Gasteiger partial charge in [-0.25, -0.2) is 0 Å². The molecule has 0 aliphatic carbocycles. The molecule has 2 aromatic carbocycles. The average molecular weight is 563 g/mol. The second kappa shape index (κ2) is 12.2. The summed E-state index contributed by atoms with van der Waals surface area (Å²) in [5.41, 5.74) is 3.66. The van der Waals surface area contributed by atoms with Crippen molar-refractivity contribution in [3.63, 3.8) is 0 Å². The molecule has 0 bridgehead atoms. The van der Waals surface area contributed by atoms with Gasteiger partial charge in [0.2, 0.25) is 11.8 Å². The number of halogens is 2. The summed E-state index contributed by atoms with van der Waals surface area (Å²) in [7, 11) is 0. The topological polar surface area (TPSA) is 88.9 Å². The maximum atomic E-state index is 12.5. The number of carbonyl (C=O) groups excluding carboxylic acids is 2. The van der Waals surface area contributed by atoms with Crippen LogP contribution in [0.3, 0.4) is 0 Å². The Hall–Kier alpha value is -2.62. The Morgan fingerprint density at radius 2 is 1.91 bits per heavy atom. The van der Waals surface area contributed by atoms with Gasteiger partial charge in [-0.3, -0.25) is 9.59 Å². The van der Waals surface area contributed by atoms with Crippen LogP contribution in [0, 0.1) is 13.8 Å². The molecule has 7 nitrogen and oxygen atoms in total. The first-order valence-electron chi connectivity index (χ1n) is 10.6. The van der Waals surface area contributed by atoms with Gasteiger partial charge in [-0.15, -0.1) is 10.2 Å². The zero-order chi connectivity index (χ0) is 24.7. The fourth-order valence-corrected chi connectivity index (χ4v) is 4.56. The van der Waals surface area contributed by atoms with Crippen LogP contribution in [0.4, 0.5) is 5.69 Å². The lowest BCUT2D eigenvalue weighted by atomic mass is 10.1. The van der Waals surface area contributed by atoms with Gasteiger partial charge in [-0.1, -0.05) is 57.5 Å². The number of nitrogens with zero attached hydrogens (tertiary/aromatic N) is 3. The van der Waals surface area contributed by atoms with Gasteiger partial charge in [0.25, 0.3) is 0 Å². The highest BCUT2D eigenvalue weighted by molar-refractivity contribution is 9.10. The number of anilines is 1. The molecule has 0 saturated heterocycles. The van der Waals surface area contributed by atoms with E-state index in [1.807, 2.05) is 55.7 Å². The highest BCUT2D eigenvalue weighted by Crippen LogP contribution is 2.26. The highest BCUT2D eigenvalue weighted by Gasteiger charge is 2.14. The number of carbonyl (C=O) groups is 2. The Morgan fingerprint density at radius 1 is 1.15 bits per heavy atom. The maximum absolute atomic E-state index is 12.5. The standard InChI is InChI=1S/C24H25BrClN5O2S/c1-4-31-21(13-27-22(32)12-9-17-7-5-6-8-19(17)26)29-30-24(31)34-14-23(33)28-20-11-10-18(25)15(2)16(20)3/h5-12H,4,13-14H2,1-3H3,(H,27,32)(H,28,33)/b12-9+. The molecule has 3 aromatic rings. The SMILES string of the molecule is CCn1c(CNC(=O)/C=C/c2ccccc2Cl)nnc1SCC(=O)Nc1ccc(Br)c(C)c1C. The van der Waals surface area contributed by atoms with Crippen molar-refractivity contribution in [2.24, 2.45) is 0 Å². The number of rotatable bonds is 9. The number of thioether (sulfide) groups is 1. The molecule has 0 spiro atoms. The number of hydrogen-bond donors (Lipinski definition) is 2. The van der Waals surface area contributed by atoms with E-state index in [9.17, 15) is 9.59 Å². The van der Waals surface area contributed by atoms with Crippen LogP contribution in [0.5, 0.6) is 0 Å². The fourth-order valence-electron chi connectivity index (χ4n) is 3.11. The number of hydrogen-bond acceptors (Lipinski definition) is 5. The van der Waals surface area contributed by atoms with E-state index in [2.05, 4.69) is 36.8 Å². The predicted octanol–water partition coefficient (Wildman–Crippen LogP) is 5.39. The second-order valence-electron chi connectivity index (χ2n) is 7.40. The van der Waals surface area contributed by atoms with Crippen molar-refractivity contribution in [3.05, 3.63) is 74.5 Å². The molecule has 3 rings (SSSR count). The summed E-state index contributed by atoms with van der Waals surface area (Å²) in [6.45, 7) is 6.77. The van der Waals surface area contributed by atoms with Crippen molar-refractivity contribution in [3.8, 4) is 0 Å². The minimum Gasteiger partial charge on any atom is -0.345 e. The summed E-state index contributed by atoms with van der Waals surface area (Å²) in [6.07, 6.45) is 3.09. The molecule has 10 heteroatoms. The molecule has 0 fully saturated rings. The molecular formula is C24H25BrClN5O2S. The second-order valence-corrected chi connectivity index (χ2v) is 9.60. The van der Waals surface area contributed by atoms with E-state index in [4.69, 9.17) is 11.6 Å². The van der Waals surface area contributed by atoms with Crippen LogP contribution in [0.15, 0.2) is 52.1 Å². The first kappa shape index (κ1) is 26.0. The van der Waals surface area contributed by atoms with Gasteiger partial charge in [-0.2, -0.15) is 0 Å². The van der Waals surface area contributed by atoms with Gasteiger partial charge in [0, 0.05) is 27.8 Å². The Balaban J connectivity index is 1.55. The summed E-state index contributed by atoms with van der Waals surface area (Å²) in [6, 6.07) is 11.1. The van der Waals surface area contributed by atoms with E-state index in [1.165, 1.54) is 17.8 Å². The summed E-state index contributed by atoms with van der Waals surface area (Å²) in [5.74, 6) is 0.420. The normalized spacial score (nSPS) is 11.1. The van der Waals surface area contributed by atoms with Crippen LogP contribution in [0.1, 0.15) is 29.4 Å². The molecule has 0 saturated carbocycles. The lowest BCUT2D eigenvalue weighted by Gasteiger charge is -2.12. The number of aromatic nitrogens is 3. The van der Waals surface area contributed by atoms with Gasteiger partial charge < -0.3 is 15.2 Å². The van der Waals surface area contributed by atoms with Gasteiger partial charge in [0.1, 0.15) is 0 Å². The van der Waals surface area contributed by atoms with Crippen molar-refractivity contribution >= 4 is 62.9 Å². The van der Waals surface area contributed by atoms with Crippen molar-refractivity contribution in [1.29, 1.82) is 0 Å². The molecule has 178 valence electrons. The smallest absolute Gasteiger partial charge is 0.244 e. The summed E-state index contributed by atoms with van der Waals surface area (Å²) < 4.78 is 2.89. The number of nitrogens with one attached hydrogen (secondary N) is 2. The van der Waals surface area contributed by atoms with Crippen molar-refractivity contribution in [2.75, 3.05) is 11.1 Å². The Labute approximate surface area is 216 Å². The summed E-state index contributed by atoms with van der Waals surface area (Å²) in [5, 5.41) is 15.3. The third-order valence-electron chi connectivity index (χ3n) is 5.18. The molecule has 2 amide bonds. The maximum Gasteiger partial charge on any atom is 0.244 e. The van der Waals surface area contributed by atoms with E-state index in [-0.39, 0.29) is 24.1 Å². The zero-order valence-corrected chi connectivity index (χ0v) is 22.2. The van der Waals surface area contributed by atoms with E-state index >= 15 is 0 Å². The average Bonchev–Trinajstić information content (AvgIpc) is 3.23. The van der Waals surface area contributed by atoms with Gasteiger partial charge in [0.15, 0.2) is 11.0 Å². The molecule has 1 aromatic heterocycles. The van der Waals surface area contributed by atoms with Crippen molar-refractivity contribution in [1.82, 2.24) is 20.1 Å². The minimum atomic E-state index is -0.265. The molecule has 0 aliphatic rings. The fraction of sp³-hybridized carbons (Fsp3) is 0.250. The van der Waals surface area contributed by atoms with E-state index in [0.717, 1.165) is 26.9 Å². The lowest BCUT2D eigenvalue weighted by molar-refractivity contribution is -0.116. The Morgan fingerprint density at radius 3 is 2.65 bits per heavy atom. The quantitative estimate of drug-likeness (QED) is 0.270. The van der Waals surface area contributed by atoms with Crippen LogP contribution in [-0.2, 0) is 22.7 Å². The van der Waals surface area contributed by atoms with Gasteiger partial charge in [0.05, 0.1) is 12.3 Å². The first-order valence-corrected chi connectivity index (χ1v) is 12.8. The van der Waals surface area contributed by atoms with Crippen LogP contribution in [0.2, 0.25) is 5.02 Å². The van der Waals surface area contributed by atoms with Crippen molar-refractivity contribution < 1.29 is 9.59 Å². The predicted molar refractivity (Wildman–Crippen MR) is 141 cm³/mol. The van der Waals surface area contributed by atoms with E-state index in [1.54, 1.807) is 12.1 Å². The van der Waals surface area contributed by atoms with Crippen LogP contribution in [0.25, 0.3) is 6.08 Å². The Kier molecular flexibility index (Phi) is 9.32. The monoisotopic (exact) mass is 561 g/mol. The van der Waals surface area contributed by atoms with Crippen LogP contribution < -0.4 is 10.6 Å². The highest BCUT2D eigenvalue weighted by atomic mass is 79.9. The van der Waals surface area contributed by atoms with Crippen molar-refractivity contribution in [2.45, 2.75) is 39.0 Å². The Bertz CT molecular complexity index is 1230. The molecule has 0 aliphatic heterocycles. The molecule has 0 unspecified atom stereocenters. The molecule has 2 N–H and O–H groups in total. The van der Waals surface area contributed by atoms with Crippen LogP contribution in [-0.4, -0.2) is 32.3 Å². The minimum absolute atomic E-state index is 0.125. The van der Waals surface area contributed by atoms with Gasteiger partial charge >= 0.3 is 0 Å². The summed E-state index contributed by atoms with van der Waals surface area (Å²) in [4.78, 5) is 24.7. The molecule has 0 radical (unpaired) electrons. The summed E-state index contributed by atoms with van der Waals surface area (Å²) >= 11 is 10.9. The van der Waals surface area contributed by atoms with Crippen LogP contribution >= 0.6 is 39.3 Å². The number of amides is 2. The molecule has 1 heterocycles. The third-order valence-corrected chi connectivity index (χ3v) is 7.35. The lowest BCUT2D eigenvalue weighted by Crippen LogP contribution is -2.22. The van der Waals surface area contributed by atoms with E-state index in [0.29, 0.717) is 22.5 Å². The zero-order valence-electron chi connectivity index (χ0n) is 19.1. The largest absolute Gasteiger partial charge is 0.345 e. The van der Waals surface area contributed by atoms with Gasteiger partial charge in [-0.05, 0) is 61.7 Å². The molecule has 34 heavy (non-hydrogen) atoms. The first-order chi connectivity index (χ1) is 16.3.